The maximum Gasteiger partial charge on any atom is 0.222 e. The normalized spacial score (nSPS) is 28.6. The number of fused-ring (bicyclic) bond motifs is 1. The third-order valence-electron chi connectivity index (χ3n) is 5.92. The highest BCUT2D eigenvalue weighted by atomic mass is 16.5. The Morgan fingerprint density at radius 3 is 2.38 bits per heavy atom. The molecule has 2 unspecified atom stereocenters. The van der Waals surface area contributed by atoms with Crippen LogP contribution in [0.25, 0.3) is 0 Å². The summed E-state index contributed by atoms with van der Waals surface area (Å²) < 4.78 is 5.16. The van der Waals surface area contributed by atoms with Crippen molar-refractivity contribution in [1.82, 2.24) is 4.90 Å². The van der Waals surface area contributed by atoms with E-state index >= 15 is 0 Å². The molecule has 0 saturated heterocycles. The Balaban J connectivity index is 1.41. The van der Waals surface area contributed by atoms with Crippen molar-refractivity contribution in [1.29, 1.82) is 0 Å². The lowest BCUT2D eigenvalue weighted by Gasteiger charge is -2.25. The number of ether oxygens (including phenoxy) is 1. The third kappa shape index (κ3) is 3.92. The second-order valence-corrected chi connectivity index (χ2v) is 7.48. The van der Waals surface area contributed by atoms with Gasteiger partial charge in [-0.1, -0.05) is 12.1 Å². The minimum absolute atomic E-state index is 0.105. The van der Waals surface area contributed by atoms with Crippen LogP contribution in [0.4, 0.5) is 0 Å². The van der Waals surface area contributed by atoms with E-state index in [-0.39, 0.29) is 12.0 Å². The van der Waals surface area contributed by atoms with Crippen LogP contribution in [0.5, 0.6) is 5.75 Å². The zero-order chi connectivity index (χ0) is 17.1. The van der Waals surface area contributed by atoms with E-state index in [0.29, 0.717) is 24.3 Å². The van der Waals surface area contributed by atoms with Gasteiger partial charge in [-0.15, -0.1) is 0 Å². The van der Waals surface area contributed by atoms with Gasteiger partial charge < -0.3 is 14.7 Å². The van der Waals surface area contributed by atoms with E-state index in [4.69, 9.17) is 4.74 Å². The summed E-state index contributed by atoms with van der Waals surface area (Å²) in [6.07, 6.45) is 6.31. The largest absolute Gasteiger partial charge is 0.497 e. The number of nitrogens with zero attached hydrogens (tertiary/aromatic N) is 1. The number of aliphatic hydroxyl groups is 1. The summed E-state index contributed by atoms with van der Waals surface area (Å²) in [5, 5.41) is 9.74. The van der Waals surface area contributed by atoms with Crippen molar-refractivity contribution in [2.45, 2.75) is 57.1 Å². The molecule has 0 radical (unpaired) electrons. The average Bonchev–Trinajstić information content (AvgIpc) is 3.12. The molecule has 4 heteroatoms. The SMILES string of the molecule is COc1ccc(CCCC(=O)N(C)C2C[C@H]3CC(O)C[C@H]3C2)cc1. The first-order valence-corrected chi connectivity index (χ1v) is 9.13. The number of hydrogen-bond donors (Lipinski definition) is 1. The molecule has 4 atom stereocenters. The number of aryl methyl sites for hydroxylation is 1. The molecule has 0 aromatic heterocycles. The second-order valence-electron chi connectivity index (χ2n) is 7.48. The van der Waals surface area contributed by atoms with Gasteiger partial charge in [0.25, 0.3) is 0 Å². The molecule has 132 valence electrons. The van der Waals surface area contributed by atoms with Gasteiger partial charge in [0.2, 0.25) is 5.91 Å². The van der Waals surface area contributed by atoms with Gasteiger partial charge in [0.15, 0.2) is 0 Å². The molecule has 2 fully saturated rings. The molecule has 0 heterocycles. The van der Waals surface area contributed by atoms with E-state index in [1.807, 2.05) is 24.1 Å². The van der Waals surface area contributed by atoms with Gasteiger partial charge in [-0.25, -0.2) is 0 Å². The van der Waals surface area contributed by atoms with Crippen molar-refractivity contribution in [2.75, 3.05) is 14.2 Å². The van der Waals surface area contributed by atoms with E-state index in [1.54, 1.807) is 7.11 Å². The fraction of sp³-hybridized carbons (Fsp3) is 0.650. The molecule has 2 saturated carbocycles. The lowest BCUT2D eigenvalue weighted by atomic mass is 10.0. The number of methoxy groups -OCH3 is 1. The minimum Gasteiger partial charge on any atom is -0.497 e. The van der Waals surface area contributed by atoms with Crippen LogP contribution in [0.2, 0.25) is 0 Å². The zero-order valence-electron chi connectivity index (χ0n) is 14.8. The minimum atomic E-state index is -0.105. The highest BCUT2D eigenvalue weighted by molar-refractivity contribution is 5.76. The van der Waals surface area contributed by atoms with Crippen LogP contribution in [0.1, 0.15) is 44.1 Å². The fourth-order valence-corrected chi connectivity index (χ4v) is 4.48. The standard InChI is InChI=1S/C20H29NO3/c1-21(17-10-15-12-18(22)13-16(15)11-17)20(23)5-3-4-14-6-8-19(24-2)9-7-14/h6-9,15-18,22H,3-5,10-13H2,1-2H3/t15-,16+,17?,18?. The molecule has 3 rings (SSSR count). The van der Waals surface area contributed by atoms with Crippen molar-refractivity contribution in [3.63, 3.8) is 0 Å². The maximum atomic E-state index is 12.5. The van der Waals surface area contributed by atoms with E-state index in [9.17, 15) is 9.90 Å². The van der Waals surface area contributed by atoms with Crippen LogP contribution in [0.15, 0.2) is 24.3 Å². The number of hydrogen-bond acceptors (Lipinski definition) is 3. The van der Waals surface area contributed by atoms with Gasteiger partial charge in [0.1, 0.15) is 5.75 Å². The first kappa shape index (κ1) is 17.3. The van der Waals surface area contributed by atoms with Gasteiger partial charge in [-0.3, -0.25) is 4.79 Å². The van der Waals surface area contributed by atoms with E-state index in [2.05, 4.69) is 12.1 Å². The first-order chi connectivity index (χ1) is 11.6. The quantitative estimate of drug-likeness (QED) is 0.872. The van der Waals surface area contributed by atoms with Crippen LogP contribution in [0, 0.1) is 11.8 Å². The predicted molar refractivity (Wildman–Crippen MR) is 93.9 cm³/mol. The van der Waals surface area contributed by atoms with Crippen molar-refractivity contribution in [3.8, 4) is 5.75 Å². The van der Waals surface area contributed by atoms with Crippen LogP contribution in [-0.4, -0.2) is 42.2 Å². The molecule has 0 aliphatic heterocycles. The van der Waals surface area contributed by atoms with E-state index in [1.165, 1.54) is 5.56 Å². The van der Waals surface area contributed by atoms with Gasteiger partial charge >= 0.3 is 0 Å². The molecular formula is C20H29NO3. The monoisotopic (exact) mass is 331 g/mol. The van der Waals surface area contributed by atoms with Crippen LogP contribution in [-0.2, 0) is 11.2 Å². The number of amides is 1. The van der Waals surface area contributed by atoms with Crippen molar-refractivity contribution in [3.05, 3.63) is 29.8 Å². The molecule has 1 aromatic carbocycles. The Bertz CT molecular complexity index is 543. The number of carbonyl (C=O) groups is 1. The Hall–Kier alpha value is -1.55. The summed E-state index contributed by atoms with van der Waals surface area (Å²) in [7, 11) is 3.62. The number of aliphatic hydroxyl groups excluding tert-OH is 1. The topological polar surface area (TPSA) is 49.8 Å². The number of carbonyl (C=O) groups excluding carboxylic acids is 1. The van der Waals surface area contributed by atoms with Gasteiger partial charge in [-0.2, -0.15) is 0 Å². The Kier molecular flexibility index (Phi) is 5.44. The molecule has 0 bridgehead atoms. The lowest BCUT2D eigenvalue weighted by molar-refractivity contribution is -0.132. The molecule has 2 aliphatic rings. The maximum absolute atomic E-state index is 12.5. The first-order valence-electron chi connectivity index (χ1n) is 9.13. The Morgan fingerprint density at radius 2 is 1.79 bits per heavy atom. The second kappa shape index (κ2) is 7.56. The summed E-state index contributed by atoms with van der Waals surface area (Å²) in [5.74, 6) is 2.37. The summed E-state index contributed by atoms with van der Waals surface area (Å²) in [6.45, 7) is 0. The molecule has 1 aromatic rings. The van der Waals surface area contributed by atoms with Gasteiger partial charge in [0, 0.05) is 19.5 Å². The van der Waals surface area contributed by atoms with Crippen molar-refractivity contribution >= 4 is 5.91 Å². The Labute approximate surface area is 144 Å². The van der Waals surface area contributed by atoms with E-state index < -0.39 is 0 Å². The lowest BCUT2D eigenvalue weighted by Crippen LogP contribution is -2.35. The molecular weight excluding hydrogens is 302 g/mol. The summed E-state index contributed by atoms with van der Waals surface area (Å²) in [5.41, 5.74) is 1.25. The molecule has 1 N–H and O–H groups in total. The zero-order valence-corrected chi connectivity index (χ0v) is 14.8. The summed E-state index contributed by atoms with van der Waals surface area (Å²) >= 11 is 0. The van der Waals surface area contributed by atoms with Gasteiger partial charge in [-0.05, 0) is 68.1 Å². The van der Waals surface area contributed by atoms with Crippen molar-refractivity contribution < 1.29 is 14.6 Å². The van der Waals surface area contributed by atoms with Crippen molar-refractivity contribution in [2.24, 2.45) is 11.8 Å². The van der Waals surface area contributed by atoms with Gasteiger partial charge in [0.05, 0.1) is 13.2 Å². The third-order valence-corrected chi connectivity index (χ3v) is 5.92. The van der Waals surface area contributed by atoms with Crippen LogP contribution < -0.4 is 4.74 Å². The number of rotatable bonds is 6. The molecule has 1 amide bonds. The highest BCUT2D eigenvalue weighted by Crippen LogP contribution is 2.45. The number of benzene rings is 1. The Morgan fingerprint density at radius 1 is 1.17 bits per heavy atom. The highest BCUT2D eigenvalue weighted by Gasteiger charge is 2.42. The average molecular weight is 331 g/mol. The smallest absolute Gasteiger partial charge is 0.222 e. The molecule has 4 nitrogen and oxygen atoms in total. The molecule has 24 heavy (non-hydrogen) atoms. The summed E-state index contributed by atoms with van der Waals surface area (Å²) in [6, 6.07) is 8.44. The molecule has 2 aliphatic carbocycles. The summed E-state index contributed by atoms with van der Waals surface area (Å²) in [4.78, 5) is 14.4. The fourth-order valence-electron chi connectivity index (χ4n) is 4.48. The molecule has 0 spiro atoms. The van der Waals surface area contributed by atoms with E-state index in [0.717, 1.165) is 44.3 Å². The predicted octanol–water partition coefficient (Wildman–Crippen LogP) is 3.03. The van der Waals surface area contributed by atoms with Crippen LogP contribution in [0.3, 0.4) is 0 Å². The van der Waals surface area contributed by atoms with Crippen LogP contribution >= 0.6 is 0 Å².